The largest absolute Gasteiger partial charge is 0.489 e. The lowest BCUT2D eigenvalue weighted by Crippen LogP contribution is -2.47. The predicted octanol–water partition coefficient (Wildman–Crippen LogP) is 4.10. The smallest absolute Gasteiger partial charge is 0.127 e. The molecule has 170 valence electrons. The minimum absolute atomic E-state index is 0.210. The Morgan fingerprint density at radius 3 is 2.72 bits per heavy atom. The molecule has 2 N–H and O–H groups in total. The molecule has 6 nitrogen and oxygen atoms in total. The summed E-state index contributed by atoms with van der Waals surface area (Å²) >= 11 is 0. The Bertz CT molecular complexity index is 1050. The predicted molar refractivity (Wildman–Crippen MR) is 121 cm³/mol. The molecule has 0 bridgehead atoms. The zero-order chi connectivity index (χ0) is 22.3. The Morgan fingerprint density at radius 1 is 1.12 bits per heavy atom. The molecule has 0 amide bonds. The molecule has 0 radical (unpaired) electrons. The Labute approximate surface area is 188 Å². The molecule has 2 fully saturated rings. The van der Waals surface area contributed by atoms with Gasteiger partial charge >= 0.3 is 0 Å². The number of anilines is 1. The zero-order valence-corrected chi connectivity index (χ0v) is 18.8. The zero-order valence-electron chi connectivity index (χ0n) is 18.8. The second-order valence-electron chi connectivity index (χ2n) is 9.18. The van der Waals surface area contributed by atoms with Gasteiger partial charge < -0.3 is 24.5 Å². The van der Waals surface area contributed by atoms with E-state index in [9.17, 15) is 4.39 Å². The van der Waals surface area contributed by atoms with Gasteiger partial charge in [-0.05, 0) is 61.2 Å². The Morgan fingerprint density at radius 2 is 1.94 bits per heavy atom. The first-order valence-electron chi connectivity index (χ1n) is 11.1. The van der Waals surface area contributed by atoms with Gasteiger partial charge in [0.15, 0.2) is 0 Å². The molecule has 0 aliphatic carbocycles. The van der Waals surface area contributed by atoms with Gasteiger partial charge in [0.05, 0.1) is 5.60 Å². The monoisotopic (exact) mass is 439 g/mol. The number of halogens is 1. The van der Waals surface area contributed by atoms with E-state index in [1.54, 1.807) is 13.2 Å². The van der Waals surface area contributed by atoms with E-state index in [1.165, 1.54) is 17.3 Å². The molecule has 0 spiro atoms. The van der Waals surface area contributed by atoms with Crippen molar-refractivity contribution in [1.82, 2.24) is 10.9 Å². The number of hydrogen-bond donors (Lipinski definition) is 2. The van der Waals surface area contributed by atoms with Gasteiger partial charge in [-0.1, -0.05) is 12.1 Å². The lowest BCUT2D eigenvalue weighted by Gasteiger charge is -2.36. The first kappa shape index (κ1) is 21.2. The molecule has 7 heteroatoms. The average Bonchev–Trinajstić information content (AvgIpc) is 3.12. The fourth-order valence-corrected chi connectivity index (χ4v) is 4.91. The van der Waals surface area contributed by atoms with Crippen molar-refractivity contribution >= 4 is 5.69 Å². The van der Waals surface area contributed by atoms with Gasteiger partial charge in [-0.25, -0.2) is 9.82 Å². The van der Waals surface area contributed by atoms with Crippen molar-refractivity contribution < 1.29 is 18.6 Å². The van der Waals surface area contributed by atoms with Gasteiger partial charge in [0.25, 0.3) is 0 Å². The normalized spacial score (nSPS) is 20.8. The summed E-state index contributed by atoms with van der Waals surface area (Å²) in [4.78, 5) is 2.27. The molecule has 0 saturated carbocycles. The van der Waals surface area contributed by atoms with Crippen LogP contribution in [0.4, 0.5) is 10.1 Å². The van der Waals surface area contributed by atoms with E-state index in [2.05, 4.69) is 53.9 Å². The summed E-state index contributed by atoms with van der Waals surface area (Å²) in [5, 5.41) is 0. The molecule has 5 rings (SSSR count). The molecular formula is C25H30FN3O3. The van der Waals surface area contributed by atoms with E-state index in [-0.39, 0.29) is 11.5 Å². The number of hydrazine groups is 1. The molecule has 3 aliphatic rings. The average molecular weight is 440 g/mol. The van der Waals surface area contributed by atoms with Crippen LogP contribution in [0.1, 0.15) is 43.4 Å². The highest BCUT2D eigenvalue weighted by atomic mass is 19.1. The van der Waals surface area contributed by atoms with Crippen molar-refractivity contribution in [1.29, 1.82) is 0 Å². The van der Waals surface area contributed by atoms with Crippen LogP contribution in [0.2, 0.25) is 0 Å². The van der Waals surface area contributed by atoms with E-state index in [0.29, 0.717) is 38.4 Å². The van der Waals surface area contributed by atoms with Crippen molar-refractivity contribution in [3.63, 3.8) is 0 Å². The molecule has 32 heavy (non-hydrogen) atoms. The van der Waals surface area contributed by atoms with Crippen LogP contribution < -0.4 is 20.5 Å². The number of methoxy groups -OCH3 is 1. The van der Waals surface area contributed by atoms with Crippen LogP contribution in [-0.2, 0) is 28.1 Å². The third-order valence-electron chi connectivity index (χ3n) is 6.69. The number of nitrogens with one attached hydrogen (secondary N) is 2. The van der Waals surface area contributed by atoms with E-state index in [0.717, 1.165) is 23.4 Å². The summed E-state index contributed by atoms with van der Waals surface area (Å²) in [5.41, 5.74) is 10.1. The number of ether oxygens (including phenoxy) is 3. The van der Waals surface area contributed by atoms with Crippen LogP contribution in [0, 0.1) is 5.82 Å². The maximum Gasteiger partial charge on any atom is 0.127 e. The third kappa shape index (κ3) is 3.74. The highest BCUT2D eigenvalue weighted by Gasteiger charge is 2.38. The van der Waals surface area contributed by atoms with Crippen LogP contribution in [-0.4, -0.2) is 26.0 Å². The topological polar surface area (TPSA) is 55.0 Å². The number of allylic oxidation sites excluding steroid dienone is 1. The SMILES string of the molecule is COC1(c2cc(F)cc(OCc3ccc4c(c3)CC=C3NNC(C)(C)N34)c2)CCOCC1. The fourth-order valence-electron chi connectivity index (χ4n) is 4.91. The maximum atomic E-state index is 14.4. The third-order valence-corrected chi connectivity index (χ3v) is 6.69. The van der Waals surface area contributed by atoms with Gasteiger partial charge in [-0.3, -0.25) is 0 Å². The van der Waals surface area contributed by atoms with E-state index in [1.807, 2.05) is 6.07 Å². The Balaban J connectivity index is 1.34. The molecule has 0 atom stereocenters. The Kier molecular flexibility index (Phi) is 5.35. The Hall–Kier alpha value is -2.61. The van der Waals surface area contributed by atoms with Crippen LogP contribution in [0.5, 0.6) is 5.75 Å². The second kappa shape index (κ2) is 8.06. The first-order chi connectivity index (χ1) is 15.4. The van der Waals surface area contributed by atoms with E-state index < -0.39 is 5.60 Å². The highest BCUT2D eigenvalue weighted by molar-refractivity contribution is 5.64. The molecule has 2 aromatic carbocycles. The van der Waals surface area contributed by atoms with Crippen LogP contribution in [0.3, 0.4) is 0 Å². The minimum atomic E-state index is -0.529. The summed E-state index contributed by atoms with van der Waals surface area (Å²) in [6.45, 7) is 5.85. The fraction of sp³-hybridized carbons (Fsp3) is 0.440. The van der Waals surface area contributed by atoms with Crippen molar-refractivity contribution in [2.24, 2.45) is 0 Å². The van der Waals surface area contributed by atoms with Gasteiger partial charge in [0.1, 0.15) is 29.7 Å². The lowest BCUT2D eigenvalue weighted by molar-refractivity contribution is -0.0950. The lowest BCUT2D eigenvalue weighted by atomic mass is 9.86. The summed E-state index contributed by atoms with van der Waals surface area (Å²) in [7, 11) is 1.68. The van der Waals surface area contributed by atoms with Crippen LogP contribution in [0.15, 0.2) is 48.3 Å². The molecule has 2 saturated heterocycles. The van der Waals surface area contributed by atoms with E-state index in [4.69, 9.17) is 14.2 Å². The van der Waals surface area contributed by atoms with Gasteiger partial charge in [-0.2, -0.15) is 0 Å². The molecule has 2 aromatic rings. The number of fused-ring (bicyclic) bond motifs is 3. The quantitative estimate of drug-likeness (QED) is 0.732. The van der Waals surface area contributed by atoms with Crippen molar-refractivity contribution in [3.05, 3.63) is 70.8 Å². The number of hydrogen-bond acceptors (Lipinski definition) is 6. The van der Waals surface area contributed by atoms with Gasteiger partial charge in [0, 0.05) is 44.9 Å². The molecule has 3 heterocycles. The van der Waals surface area contributed by atoms with Crippen LogP contribution >= 0.6 is 0 Å². The van der Waals surface area contributed by atoms with Gasteiger partial charge in [0.2, 0.25) is 0 Å². The summed E-state index contributed by atoms with van der Waals surface area (Å²) in [6.07, 6.45) is 4.43. The van der Waals surface area contributed by atoms with Crippen molar-refractivity contribution in [3.8, 4) is 5.75 Å². The number of benzene rings is 2. The number of nitrogens with zero attached hydrogens (tertiary/aromatic N) is 1. The second-order valence-corrected chi connectivity index (χ2v) is 9.18. The number of rotatable bonds is 5. The molecule has 0 unspecified atom stereocenters. The summed E-state index contributed by atoms with van der Waals surface area (Å²) < 4.78 is 31.8. The van der Waals surface area contributed by atoms with Crippen molar-refractivity contribution in [2.75, 3.05) is 25.2 Å². The summed E-state index contributed by atoms with van der Waals surface area (Å²) in [6, 6.07) is 11.3. The van der Waals surface area contributed by atoms with Gasteiger partial charge in [-0.15, -0.1) is 0 Å². The standard InChI is InChI=1S/C25H30FN3O3/c1-24(2)28-27-23-7-5-18-12-17(4-6-22(18)29(23)24)16-32-21-14-19(13-20(26)15-21)25(30-3)8-10-31-11-9-25/h4,6-7,12-15,27-28H,5,8-11,16H2,1-3H3. The van der Waals surface area contributed by atoms with Crippen LogP contribution in [0.25, 0.3) is 0 Å². The molecular weight excluding hydrogens is 409 g/mol. The highest BCUT2D eigenvalue weighted by Crippen LogP contribution is 2.38. The summed E-state index contributed by atoms with van der Waals surface area (Å²) in [5.74, 6) is 1.27. The maximum absolute atomic E-state index is 14.4. The first-order valence-corrected chi connectivity index (χ1v) is 11.1. The molecule has 3 aliphatic heterocycles. The van der Waals surface area contributed by atoms with E-state index >= 15 is 0 Å². The molecule has 0 aromatic heterocycles. The van der Waals surface area contributed by atoms with Crippen molar-refractivity contribution in [2.45, 2.75) is 51.0 Å². The minimum Gasteiger partial charge on any atom is -0.489 e.